The molecule has 0 aromatic heterocycles. The summed E-state index contributed by atoms with van der Waals surface area (Å²) in [5, 5.41) is 13.3. The van der Waals surface area contributed by atoms with Gasteiger partial charge in [0.15, 0.2) is 0 Å². The number of amides is 1. The van der Waals surface area contributed by atoms with Gasteiger partial charge in [0.05, 0.1) is 12.2 Å². The highest BCUT2D eigenvalue weighted by atomic mass is 31.1. The van der Waals surface area contributed by atoms with E-state index in [2.05, 4.69) is 17.2 Å². The molecule has 158 valence electrons. The number of rotatable bonds is 7. The van der Waals surface area contributed by atoms with Gasteiger partial charge in [-0.15, -0.1) is 0 Å². The Morgan fingerprint density at radius 3 is 2.57 bits per heavy atom. The van der Waals surface area contributed by atoms with Crippen molar-refractivity contribution in [2.45, 2.75) is 45.2 Å². The van der Waals surface area contributed by atoms with E-state index in [0.717, 1.165) is 22.4 Å². The van der Waals surface area contributed by atoms with Gasteiger partial charge in [-0.05, 0) is 44.0 Å². The van der Waals surface area contributed by atoms with E-state index in [1.807, 2.05) is 74.2 Å². The Labute approximate surface area is 180 Å². The molecule has 3 rings (SSSR count). The van der Waals surface area contributed by atoms with Crippen molar-refractivity contribution in [2.24, 2.45) is 11.7 Å². The monoisotopic (exact) mass is 423 g/mol. The van der Waals surface area contributed by atoms with Gasteiger partial charge in [0.1, 0.15) is 5.97 Å². The first-order valence-corrected chi connectivity index (χ1v) is 11.5. The number of hydrogen-bond acceptors (Lipinski definition) is 4. The van der Waals surface area contributed by atoms with Gasteiger partial charge in [0.25, 0.3) is 0 Å². The molecule has 0 aliphatic carbocycles. The van der Waals surface area contributed by atoms with Gasteiger partial charge < -0.3 is 15.7 Å². The highest BCUT2D eigenvalue weighted by molar-refractivity contribution is 7.38. The quantitative estimate of drug-likeness (QED) is 0.363. The number of anilines is 1. The van der Waals surface area contributed by atoms with Crippen LogP contribution in [0.25, 0.3) is 0 Å². The van der Waals surface area contributed by atoms with Gasteiger partial charge >= 0.3 is 0 Å². The predicted molar refractivity (Wildman–Crippen MR) is 124 cm³/mol. The van der Waals surface area contributed by atoms with Crippen LogP contribution in [0, 0.1) is 17.8 Å². The molecule has 1 aliphatic rings. The van der Waals surface area contributed by atoms with E-state index < -0.39 is 11.5 Å². The highest BCUT2D eigenvalue weighted by Crippen LogP contribution is 2.29. The summed E-state index contributed by atoms with van der Waals surface area (Å²) in [5.41, 5.74) is 8.82. The first-order valence-electron chi connectivity index (χ1n) is 10.2. The highest BCUT2D eigenvalue weighted by Gasteiger charge is 2.31. The summed E-state index contributed by atoms with van der Waals surface area (Å²) in [5.74, 6) is 5.63. The number of hydrogen-bond donors (Lipinski definition) is 3. The Morgan fingerprint density at radius 2 is 1.83 bits per heavy atom. The van der Waals surface area contributed by atoms with Crippen LogP contribution < -0.4 is 16.0 Å². The molecule has 6 heteroatoms. The molecule has 1 amide bonds. The Morgan fingerprint density at radius 1 is 1.20 bits per heavy atom. The molecule has 0 bridgehead atoms. The van der Waals surface area contributed by atoms with E-state index in [-0.39, 0.29) is 20.4 Å². The van der Waals surface area contributed by atoms with Gasteiger partial charge in [-0.2, -0.15) is 0 Å². The van der Waals surface area contributed by atoms with Gasteiger partial charge in [-0.3, -0.25) is 10.1 Å². The number of para-hydroxylation sites is 1. The number of nitrogens with one attached hydrogen (secondary N) is 1. The second kappa shape index (κ2) is 9.73. The molecule has 30 heavy (non-hydrogen) atoms. The zero-order valence-corrected chi connectivity index (χ0v) is 18.8. The smallest absolute Gasteiger partial charge is 0.230 e. The maximum atomic E-state index is 13.6. The minimum absolute atomic E-state index is 0.0478. The Bertz CT molecular complexity index is 964. The first-order chi connectivity index (χ1) is 14.3. The molecule has 1 aliphatic heterocycles. The topological polar surface area (TPSA) is 78.6 Å². The SMILES string of the molecule is CC(CC(C)(C)NC(O)PCN)C(=O)N1Cc2ccccc2C#Cc2ccccc21. The molecule has 3 atom stereocenters. The number of nitrogens with two attached hydrogens (primary N) is 1. The predicted octanol–water partition coefficient (Wildman–Crippen LogP) is 3.20. The second-order valence-corrected chi connectivity index (χ2v) is 9.66. The van der Waals surface area contributed by atoms with Gasteiger partial charge in [-0.1, -0.05) is 57.7 Å². The number of carbonyl (C=O) groups excluding carboxylic acids is 1. The van der Waals surface area contributed by atoms with Crippen LogP contribution in [0.5, 0.6) is 0 Å². The number of fused-ring (bicyclic) bond motifs is 2. The summed E-state index contributed by atoms with van der Waals surface area (Å²) < 4.78 is 0. The van der Waals surface area contributed by atoms with Crippen molar-refractivity contribution in [2.75, 3.05) is 11.2 Å². The molecule has 0 saturated carbocycles. The van der Waals surface area contributed by atoms with E-state index >= 15 is 0 Å². The van der Waals surface area contributed by atoms with Crippen LogP contribution in [-0.2, 0) is 11.3 Å². The third kappa shape index (κ3) is 5.47. The normalized spacial score (nSPS) is 15.4. The van der Waals surface area contributed by atoms with Crippen molar-refractivity contribution < 1.29 is 9.90 Å². The maximum Gasteiger partial charge on any atom is 0.230 e. The standard InChI is InChI=1S/C24H30N3O2P/c1-17(14-24(2,3)26-23(29)30-16-25)22(28)27-15-20-10-5-4-8-18(20)12-13-19-9-6-7-11-21(19)27/h4-11,17,23,26,29-30H,14-16,25H2,1-3H3. The van der Waals surface area contributed by atoms with E-state index in [1.165, 1.54) is 0 Å². The number of aliphatic hydroxyl groups is 1. The van der Waals surface area contributed by atoms with Crippen molar-refractivity contribution in [3.05, 3.63) is 65.2 Å². The lowest BCUT2D eigenvalue weighted by atomic mass is 9.90. The average Bonchev–Trinajstić information content (AvgIpc) is 2.68. The number of benzene rings is 2. The third-order valence-electron chi connectivity index (χ3n) is 5.22. The molecule has 0 radical (unpaired) electrons. The average molecular weight is 423 g/mol. The summed E-state index contributed by atoms with van der Waals surface area (Å²) in [7, 11) is 0.223. The minimum atomic E-state index is -0.656. The third-order valence-corrected chi connectivity index (χ3v) is 5.98. The lowest BCUT2D eigenvalue weighted by Gasteiger charge is -2.34. The Kier molecular flexibility index (Phi) is 7.28. The van der Waals surface area contributed by atoms with E-state index in [4.69, 9.17) is 5.73 Å². The number of nitrogens with zero attached hydrogens (tertiary/aromatic N) is 1. The van der Waals surface area contributed by atoms with Crippen molar-refractivity contribution >= 4 is 20.2 Å². The fourth-order valence-corrected chi connectivity index (χ4v) is 4.61. The zero-order valence-electron chi connectivity index (χ0n) is 17.8. The molecule has 2 aromatic rings. The molecule has 2 aromatic carbocycles. The van der Waals surface area contributed by atoms with Crippen LogP contribution >= 0.6 is 8.58 Å². The summed E-state index contributed by atoms with van der Waals surface area (Å²) in [4.78, 5) is 15.4. The van der Waals surface area contributed by atoms with Crippen molar-refractivity contribution in [1.82, 2.24) is 5.32 Å². The summed E-state index contributed by atoms with van der Waals surface area (Å²) >= 11 is 0. The van der Waals surface area contributed by atoms with E-state index in [0.29, 0.717) is 19.3 Å². The molecule has 0 fully saturated rings. The fraction of sp³-hybridized carbons (Fsp3) is 0.375. The maximum absolute atomic E-state index is 13.6. The summed E-state index contributed by atoms with van der Waals surface area (Å²) in [6.45, 7) is 6.44. The van der Waals surface area contributed by atoms with E-state index in [1.54, 1.807) is 0 Å². The van der Waals surface area contributed by atoms with Crippen LogP contribution in [0.4, 0.5) is 5.69 Å². The Balaban J connectivity index is 1.87. The van der Waals surface area contributed by atoms with Gasteiger partial charge in [0, 0.05) is 28.9 Å². The fourth-order valence-electron chi connectivity index (χ4n) is 3.89. The molecule has 0 spiro atoms. The van der Waals surface area contributed by atoms with Crippen LogP contribution in [0.3, 0.4) is 0 Å². The second-order valence-electron chi connectivity index (χ2n) is 8.29. The molecular formula is C24H30N3O2P. The van der Waals surface area contributed by atoms with Gasteiger partial charge in [-0.25, -0.2) is 0 Å². The van der Waals surface area contributed by atoms with Crippen LogP contribution in [0.1, 0.15) is 43.9 Å². The van der Waals surface area contributed by atoms with Crippen molar-refractivity contribution in [1.29, 1.82) is 0 Å². The molecule has 1 heterocycles. The first kappa shape index (κ1) is 22.5. The Hall–Kier alpha value is -2.22. The lowest BCUT2D eigenvalue weighted by molar-refractivity contribution is -0.122. The van der Waals surface area contributed by atoms with Crippen molar-refractivity contribution in [3.63, 3.8) is 0 Å². The molecule has 4 N–H and O–H groups in total. The number of aliphatic hydroxyl groups excluding tert-OH is 1. The summed E-state index contributed by atoms with van der Waals surface area (Å²) in [6.07, 6.45) is 1.02. The molecule has 0 saturated heterocycles. The lowest BCUT2D eigenvalue weighted by Crippen LogP contribution is -2.47. The number of carbonyl (C=O) groups is 1. The zero-order chi connectivity index (χ0) is 21.7. The summed E-state index contributed by atoms with van der Waals surface area (Å²) in [6, 6.07) is 15.8. The van der Waals surface area contributed by atoms with E-state index in [9.17, 15) is 9.90 Å². The molecule has 3 unspecified atom stereocenters. The van der Waals surface area contributed by atoms with Crippen LogP contribution in [0.2, 0.25) is 0 Å². The molecular weight excluding hydrogens is 393 g/mol. The van der Waals surface area contributed by atoms with Crippen LogP contribution in [0.15, 0.2) is 48.5 Å². The van der Waals surface area contributed by atoms with Gasteiger partial charge in [0.2, 0.25) is 5.91 Å². The van der Waals surface area contributed by atoms with Crippen molar-refractivity contribution in [3.8, 4) is 11.8 Å². The minimum Gasteiger partial charge on any atom is -0.375 e. The van der Waals surface area contributed by atoms with Crippen LogP contribution in [-0.4, -0.2) is 28.8 Å². The molecule has 5 nitrogen and oxygen atoms in total. The largest absolute Gasteiger partial charge is 0.375 e.